The van der Waals surface area contributed by atoms with Crippen LogP contribution in [0.1, 0.15) is 65.7 Å². The molecule has 0 amide bonds. The first-order chi connectivity index (χ1) is 9.04. The minimum atomic E-state index is 0.528. The fourth-order valence-corrected chi connectivity index (χ4v) is 5.95. The van der Waals surface area contributed by atoms with E-state index in [0.29, 0.717) is 5.41 Å². The average molecular weight is 261 g/mol. The lowest BCUT2D eigenvalue weighted by Crippen LogP contribution is -2.39. The molecule has 4 aliphatic carbocycles. The van der Waals surface area contributed by atoms with Gasteiger partial charge in [-0.25, -0.2) is 0 Å². The summed E-state index contributed by atoms with van der Waals surface area (Å²) in [6.45, 7) is 7.27. The number of hydrogen-bond donors (Lipinski definition) is 1. The molecule has 2 bridgehead atoms. The van der Waals surface area contributed by atoms with Crippen LogP contribution < -0.4 is 5.32 Å². The van der Waals surface area contributed by atoms with Crippen LogP contribution in [0.25, 0.3) is 0 Å². The third-order valence-electron chi connectivity index (χ3n) is 7.12. The lowest BCUT2D eigenvalue weighted by molar-refractivity contribution is 0.158. The van der Waals surface area contributed by atoms with Crippen LogP contribution in [0.15, 0.2) is 0 Å². The maximum absolute atomic E-state index is 4.07. The van der Waals surface area contributed by atoms with Crippen molar-refractivity contribution in [3.8, 4) is 0 Å². The zero-order valence-corrected chi connectivity index (χ0v) is 13.0. The summed E-state index contributed by atoms with van der Waals surface area (Å²) in [7, 11) is 0. The highest BCUT2D eigenvalue weighted by Gasteiger charge is 2.64. The molecular weight excluding hydrogens is 230 g/mol. The highest BCUT2D eigenvalue weighted by Crippen LogP contribution is 2.65. The molecule has 4 atom stereocenters. The van der Waals surface area contributed by atoms with Gasteiger partial charge in [-0.05, 0) is 80.0 Å². The van der Waals surface area contributed by atoms with Gasteiger partial charge in [0.1, 0.15) is 0 Å². The van der Waals surface area contributed by atoms with Crippen LogP contribution in [0, 0.1) is 35.0 Å². The minimum absolute atomic E-state index is 0.528. The second kappa shape index (κ2) is 4.23. The van der Waals surface area contributed by atoms with E-state index in [9.17, 15) is 0 Å². The predicted molar refractivity (Wildman–Crippen MR) is 79.9 cm³/mol. The Morgan fingerprint density at radius 3 is 1.89 bits per heavy atom. The first-order valence-corrected chi connectivity index (χ1v) is 8.80. The third kappa shape index (κ3) is 2.07. The van der Waals surface area contributed by atoms with E-state index in [1.165, 1.54) is 25.7 Å². The summed E-state index contributed by atoms with van der Waals surface area (Å²) in [5.41, 5.74) is 0.528. The van der Waals surface area contributed by atoms with Gasteiger partial charge in [0.2, 0.25) is 0 Å². The molecule has 0 spiro atoms. The van der Waals surface area contributed by atoms with Gasteiger partial charge in [-0.2, -0.15) is 0 Å². The van der Waals surface area contributed by atoms with E-state index >= 15 is 0 Å². The predicted octanol–water partition coefficient (Wildman–Crippen LogP) is 4.23. The molecule has 0 radical (unpaired) electrons. The van der Waals surface area contributed by atoms with E-state index in [1.54, 1.807) is 19.3 Å². The van der Waals surface area contributed by atoms with Crippen LogP contribution in [0.2, 0.25) is 0 Å². The van der Waals surface area contributed by atoms with Crippen molar-refractivity contribution >= 4 is 0 Å². The molecular formula is C18H31N. The van der Waals surface area contributed by atoms with Gasteiger partial charge in [-0.1, -0.05) is 20.8 Å². The third-order valence-corrected chi connectivity index (χ3v) is 7.12. The van der Waals surface area contributed by atoms with Gasteiger partial charge in [0.15, 0.2) is 0 Å². The molecule has 4 fully saturated rings. The standard InChI is InChI=1S/C18H31N/c1-18(2,3)13-6-8-14(9-7-13)19-17-15-11-4-5-12(10-11)16(15)17/h11-17,19H,4-10H2,1-3H3. The Morgan fingerprint density at radius 2 is 1.37 bits per heavy atom. The number of hydrogen-bond acceptors (Lipinski definition) is 1. The maximum atomic E-state index is 4.07. The summed E-state index contributed by atoms with van der Waals surface area (Å²) in [5.74, 6) is 5.43. The molecule has 0 heterocycles. The molecule has 4 saturated carbocycles. The molecule has 0 saturated heterocycles. The topological polar surface area (TPSA) is 12.0 Å². The minimum Gasteiger partial charge on any atom is -0.311 e. The van der Waals surface area contributed by atoms with Gasteiger partial charge in [0, 0.05) is 12.1 Å². The van der Waals surface area contributed by atoms with Gasteiger partial charge in [-0.3, -0.25) is 0 Å². The molecule has 4 rings (SSSR count). The van der Waals surface area contributed by atoms with Crippen LogP contribution in [0.4, 0.5) is 0 Å². The first-order valence-electron chi connectivity index (χ1n) is 8.80. The zero-order chi connectivity index (χ0) is 13.2. The van der Waals surface area contributed by atoms with E-state index in [-0.39, 0.29) is 0 Å². The Balaban J connectivity index is 1.28. The number of rotatable bonds is 2. The highest BCUT2D eigenvalue weighted by atomic mass is 15.0. The van der Waals surface area contributed by atoms with E-state index in [0.717, 1.165) is 41.7 Å². The van der Waals surface area contributed by atoms with Crippen LogP contribution in [0.5, 0.6) is 0 Å². The molecule has 1 heteroatoms. The van der Waals surface area contributed by atoms with Gasteiger partial charge < -0.3 is 5.32 Å². The van der Waals surface area contributed by atoms with Crippen molar-refractivity contribution in [2.75, 3.05) is 0 Å². The lowest BCUT2D eigenvalue weighted by Gasteiger charge is -2.37. The summed E-state index contributed by atoms with van der Waals surface area (Å²) in [5, 5.41) is 4.07. The maximum Gasteiger partial charge on any atom is 0.0138 e. The normalized spacial score (nSPS) is 52.3. The van der Waals surface area contributed by atoms with Crippen molar-refractivity contribution in [2.24, 2.45) is 35.0 Å². The summed E-state index contributed by atoms with van der Waals surface area (Å²) < 4.78 is 0. The van der Waals surface area contributed by atoms with E-state index < -0.39 is 0 Å². The lowest BCUT2D eigenvalue weighted by atomic mass is 9.71. The Bertz CT molecular complexity index is 331. The summed E-state index contributed by atoms with van der Waals surface area (Å²) in [6.07, 6.45) is 10.5. The Hall–Kier alpha value is -0.0400. The Labute approximate surface area is 118 Å². The second-order valence-electron chi connectivity index (χ2n) is 9.09. The Kier molecular flexibility index (Phi) is 2.82. The Morgan fingerprint density at radius 1 is 0.789 bits per heavy atom. The fraction of sp³-hybridized carbons (Fsp3) is 1.00. The van der Waals surface area contributed by atoms with E-state index in [2.05, 4.69) is 26.1 Å². The smallest absolute Gasteiger partial charge is 0.0138 e. The van der Waals surface area contributed by atoms with Crippen molar-refractivity contribution in [3.63, 3.8) is 0 Å². The van der Waals surface area contributed by atoms with Gasteiger partial charge in [-0.15, -0.1) is 0 Å². The molecule has 0 aromatic carbocycles. The summed E-state index contributed by atoms with van der Waals surface area (Å²) in [6, 6.07) is 1.80. The second-order valence-corrected chi connectivity index (χ2v) is 9.09. The van der Waals surface area contributed by atoms with Crippen molar-refractivity contribution in [1.82, 2.24) is 5.32 Å². The molecule has 19 heavy (non-hydrogen) atoms. The quantitative estimate of drug-likeness (QED) is 0.784. The van der Waals surface area contributed by atoms with Crippen molar-refractivity contribution < 1.29 is 0 Å². The molecule has 0 aromatic heterocycles. The fourth-order valence-electron chi connectivity index (χ4n) is 5.95. The van der Waals surface area contributed by atoms with E-state index in [1.807, 2.05) is 0 Å². The van der Waals surface area contributed by atoms with Crippen molar-refractivity contribution in [2.45, 2.75) is 77.8 Å². The largest absolute Gasteiger partial charge is 0.311 e. The van der Waals surface area contributed by atoms with E-state index in [4.69, 9.17) is 0 Å². The van der Waals surface area contributed by atoms with Crippen LogP contribution in [-0.4, -0.2) is 12.1 Å². The first kappa shape index (κ1) is 12.7. The van der Waals surface area contributed by atoms with Crippen LogP contribution >= 0.6 is 0 Å². The molecule has 0 aromatic rings. The van der Waals surface area contributed by atoms with Crippen molar-refractivity contribution in [3.05, 3.63) is 0 Å². The van der Waals surface area contributed by atoms with Gasteiger partial charge >= 0.3 is 0 Å². The highest BCUT2D eigenvalue weighted by molar-refractivity contribution is 5.17. The average Bonchev–Trinajstić information content (AvgIpc) is 2.77. The molecule has 4 unspecified atom stereocenters. The monoisotopic (exact) mass is 261 g/mol. The molecule has 1 nitrogen and oxygen atoms in total. The number of nitrogens with one attached hydrogen (secondary N) is 1. The molecule has 108 valence electrons. The van der Waals surface area contributed by atoms with Crippen molar-refractivity contribution in [1.29, 1.82) is 0 Å². The summed E-state index contributed by atoms with van der Waals surface area (Å²) >= 11 is 0. The van der Waals surface area contributed by atoms with Crippen LogP contribution in [0.3, 0.4) is 0 Å². The van der Waals surface area contributed by atoms with Gasteiger partial charge in [0.25, 0.3) is 0 Å². The molecule has 4 aliphatic rings. The SMILES string of the molecule is CC(C)(C)C1CCC(NC2C3C4CCC(C4)C23)CC1. The summed E-state index contributed by atoms with van der Waals surface area (Å²) in [4.78, 5) is 0. The molecule has 1 N–H and O–H groups in total. The molecule has 0 aliphatic heterocycles. The zero-order valence-electron chi connectivity index (χ0n) is 13.0. The van der Waals surface area contributed by atoms with Crippen LogP contribution in [-0.2, 0) is 0 Å². The number of fused-ring (bicyclic) bond motifs is 5. The van der Waals surface area contributed by atoms with Gasteiger partial charge in [0.05, 0.1) is 0 Å².